The van der Waals surface area contributed by atoms with Crippen LogP contribution in [0.4, 0.5) is 11.6 Å². The van der Waals surface area contributed by atoms with Crippen molar-refractivity contribution in [2.45, 2.75) is 33.6 Å². The van der Waals surface area contributed by atoms with Gasteiger partial charge in [-0.15, -0.1) is 0 Å². The number of carbonyl (C=O) groups excluding carboxylic acids is 1. The molecule has 0 aliphatic carbocycles. The predicted molar refractivity (Wildman–Crippen MR) is 91.7 cm³/mol. The molecule has 0 saturated carbocycles. The molecule has 2 saturated heterocycles. The summed E-state index contributed by atoms with van der Waals surface area (Å²) in [5.74, 6) is 2.24. The Morgan fingerprint density at radius 1 is 0.913 bits per heavy atom. The SMILES string of the molecule is CC(C)(C)C(=O)N1CCN(c2cc(N3CCCC3)ncn2)CC1. The number of aromatic nitrogens is 2. The Kier molecular flexibility index (Phi) is 4.41. The Morgan fingerprint density at radius 2 is 1.43 bits per heavy atom. The Balaban J connectivity index is 1.63. The fourth-order valence-electron chi connectivity index (χ4n) is 3.24. The van der Waals surface area contributed by atoms with E-state index >= 15 is 0 Å². The topological polar surface area (TPSA) is 52.6 Å². The van der Waals surface area contributed by atoms with E-state index in [9.17, 15) is 4.79 Å². The van der Waals surface area contributed by atoms with Crippen molar-refractivity contribution < 1.29 is 4.79 Å². The van der Waals surface area contributed by atoms with Crippen molar-refractivity contribution in [3.05, 3.63) is 12.4 Å². The molecular formula is C17H27N5O. The number of carbonyl (C=O) groups is 1. The minimum Gasteiger partial charge on any atom is -0.356 e. The van der Waals surface area contributed by atoms with Crippen LogP contribution in [0, 0.1) is 5.41 Å². The van der Waals surface area contributed by atoms with Crippen molar-refractivity contribution in [2.75, 3.05) is 49.1 Å². The quantitative estimate of drug-likeness (QED) is 0.832. The lowest BCUT2D eigenvalue weighted by Gasteiger charge is -2.38. The van der Waals surface area contributed by atoms with Gasteiger partial charge in [0.1, 0.15) is 18.0 Å². The van der Waals surface area contributed by atoms with Gasteiger partial charge in [-0.05, 0) is 12.8 Å². The summed E-state index contributed by atoms with van der Waals surface area (Å²) in [6.07, 6.45) is 4.15. The highest BCUT2D eigenvalue weighted by molar-refractivity contribution is 5.81. The van der Waals surface area contributed by atoms with Crippen LogP contribution in [0.15, 0.2) is 12.4 Å². The van der Waals surface area contributed by atoms with Crippen LogP contribution in [-0.2, 0) is 4.79 Å². The molecule has 0 radical (unpaired) electrons. The predicted octanol–water partition coefficient (Wildman–Crippen LogP) is 1.77. The number of nitrogens with zero attached hydrogens (tertiary/aromatic N) is 5. The van der Waals surface area contributed by atoms with Gasteiger partial charge in [0, 0.05) is 50.7 Å². The smallest absolute Gasteiger partial charge is 0.228 e. The summed E-state index contributed by atoms with van der Waals surface area (Å²) < 4.78 is 0. The summed E-state index contributed by atoms with van der Waals surface area (Å²) in [5, 5.41) is 0. The summed E-state index contributed by atoms with van der Waals surface area (Å²) in [5.41, 5.74) is -0.306. The van der Waals surface area contributed by atoms with Crippen LogP contribution in [0.3, 0.4) is 0 Å². The molecule has 0 atom stereocenters. The average Bonchev–Trinajstić information content (AvgIpc) is 3.08. The fraction of sp³-hybridized carbons (Fsp3) is 0.706. The van der Waals surface area contributed by atoms with Crippen molar-refractivity contribution >= 4 is 17.5 Å². The van der Waals surface area contributed by atoms with Gasteiger partial charge in [-0.3, -0.25) is 4.79 Å². The third-order valence-electron chi connectivity index (χ3n) is 4.60. The van der Waals surface area contributed by atoms with E-state index in [-0.39, 0.29) is 11.3 Å². The van der Waals surface area contributed by atoms with Crippen LogP contribution in [0.25, 0.3) is 0 Å². The van der Waals surface area contributed by atoms with Gasteiger partial charge in [-0.2, -0.15) is 0 Å². The first-order chi connectivity index (χ1) is 10.9. The van der Waals surface area contributed by atoms with Crippen molar-refractivity contribution in [3.8, 4) is 0 Å². The molecule has 0 unspecified atom stereocenters. The van der Waals surface area contributed by atoms with Crippen LogP contribution in [-0.4, -0.2) is 60.0 Å². The van der Waals surface area contributed by atoms with Crippen LogP contribution in [0.2, 0.25) is 0 Å². The van der Waals surface area contributed by atoms with Crippen LogP contribution >= 0.6 is 0 Å². The molecule has 23 heavy (non-hydrogen) atoms. The zero-order chi connectivity index (χ0) is 16.4. The molecule has 1 aromatic rings. The second-order valence-electron chi connectivity index (χ2n) is 7.46. The summed E-state index contributed by atoms with van der Waals surface area (Å²) in [6, 6.07) is 2.09. The largest absolute Gasteiger partial charge is 0.356 e. The lowest BCUT2D eigenvalue weighted by atomic mass is 9.94. The van der Waals surface area contributed by atoms with E-state index in [2.05, 4.69) is 25.8 Å². The van der Waals surface area contributed by atoms with Crippen LogP contribution in [0.1, 0.15) is 33.6 Å². The molecule has 0 aromatic carbocycles. The Labute approximate surface area is 138 Å². The molecule has 1 amide bonds. The van der Waals surface area contributed by atoms with Crippen molar-refractivity contribution in [1.82, 2.24) is 14.9 Å². The van der Waals surface area contributed by atoms with Crippen LogP contribution < -0.4 is 9.80 Å². The normalized spacial score (nSPS) is 19.3. The van der Waals surface area contributed by atoms with E-state index in [1.54, 1.807) is 6.33 Å². The summed E-state index contributed by atoms with van der Waals surface area (Å²) in [4.78, 5) is 27.8. The van der Waals surface area contributed by atoms with Gasteiger partial charge in [-0.25, -0.2) is 9.97 Å². The van der Waals surface area contributed by atoms with Gasteiger partial charge in [0.05, 0.1) is 0 Å². The van der Waals surface area contributed by atoms with E-state index in [0.29, 0.717) is 0 Å². The maximum atomic E-state index is 12.4. The first kappa shape index (κ1) is 16.0. The summed E-state index contributed by atoms with van der Waals surface area (Å²) in [6.45, 7) is 11.3. The molecule has 1 aromatic heterocycles. The van der Waals surface area contributed by atoms with E-state index in [4.69, 9.17) is 0 Å². The lowest BCUT2D eigenvalue weighted by molar-refractivity contribution is -0.139. The standard InChI is InChI=1S/C17H27N5O/c1-17(2,3)16(23)22-10-8-21(9-11-22)15-12-14(18-13-19-15)20-6-4-5-7-20/h12-13H,4-11H2,1-3H3. The highest BCUT2D eigenvalue weighted by atomic mass is 16.2. The second kappa shape index (κ2) is 6.34. The minimum absolute atomic E-state index is 0.234. The maximum Gasteiger partial charge on any atom is 0.228 e. The average molecular weight is 317 g/mol. The Bertz CT molecular complexity index is 554. The summed E-state index contributed by atoms with van der Waals surface area (Å²) in [7, 11) is 0. The van der Waals surface area contributed by atoms with Gasteiger partial charge < -0.3 is 14.7 Å². The third-order valence-corrected chi connectivity index (χ3v) is 4.60. The first-order valence-corrected chi connectivity index (χ1v) is 8.56. The van der Waals surface area contributed by atoms with E-state index in [1.807, 2.05) is 25.7 Å². The number of rotatable bonds is 2. The Hall–Kier alpha value is -1.85. The first-order valence-electron chi connectivity index (χ1n) is 8.56. The van der Waals surface area contributed by atoms with Gasteiger partial charge >= 0.3 is 0 Å². The highest BCUT2D eigenvalue weighted by Crippen LogP contribution is 2.23. The lowest BCUT2D eigenvalue weighted by Crippen LogP contribution is -2.51. The van der Waals surface area contributed by atoms with Gasteiger partial charge in [0.2, 0.25) is 5.91 Å². The molecule has 2 aliphatic rings. The third kappa shape index (κ3) is 3.57. The zero-order valence-electron chi connectivity index (χ0n) is 14.5. The van der Waals surface area contributed by atoms with Crippen molar-refractivity contribution in [2.24, 2.45) is 5.41 Å². The van der Waals surface area contributed by atoms with Crippen molar-refractivity contribution in [3.63, 3.8) is 0 Å². The number of amides is 1. The summed E-state index contributed by atoms with van der Waals surface area (Å²) >= 11 is 0. The molecule has 3 heterocycles. The van der Waals surface area contributed by atoms with E-state index < -0.39 is 0 Å². The monoisotopic (exact) mass is 317 g/mol. The molecule has 3 rings (SSSR count). The number of piperazine rings is 1. The molecule has 2 aliphatic heterocycles. The molecule has 0 N–H and O–H groups in total. The molecule has 6 heteroatoms. The van der Waals surface area contributed by atoms with E-state index in [0.717, 1.165) is 50.9 Å². The molecule has 0 bridgehead atoms. The van der Waals surface area contributed by atoms with Crippen LogP contribution in [0.5, 0.6) is 0 Å². The molecule has 6 nitrogen and oxygen atoms in total. The van der Waals surface area contributed by atoms with Gasteiger partial charge in [-0.1, -0.05) is 20.8 Å². The molecule has 0 spiro atoms. The highest BCUT2D eigenvalue weighted by Gasteiger charge is 2.30. The molecule has 126 valence electrons. The van der Waals surface area contributed by atoms with Gasteiger partial charge in [0.25, 0.3) is 0 Å². The fourth-order valence-corrected chi connectivity index (χ4v) is 3.24. The number of hydrogen-bond acceptors (Lipinski definition) is 5. The number of anilines is 2. The maximum absolute atomic E-state index is 12.4. The molecular weight excluding hydrogens is 290 g/mol. The zero-order valence-corrected chi connectivity index (χ0v) is 14.5. The van der Waals surface area contributed by atoms with Gasteiger partial charge in [0.15, 0.2) is 0 Å². The number of hydrogen-bond donors (Lipinski definition) is 0. The van der Waals surface area contributed by atoms with Crippen molar-refractivity contribution in [1.29, 1.82) is 0 Å². The molecule has 2 fully saturated rings. The second-order valence-corrected chi connectivity index (χ2v) is 7.46. The minimum atomic E-state index is -0.306. The van der Waals surface area contributed by atoms with E-state index in [1.165, 1.54) is 12.8 Å². The Morgan fingerprint density at radius 3 is 1.96 bits per heavy atom.